The van der Waals surface area contributed by atoms with Crippen molar-refractivity contribution in [1.29, 1.82) is 0 Å². The van der Waals surface area contributed by atoms with Gasteiger partial charge in [0.05, 0.1) is 7.11 Å². The maximum atomic E-state index is 5.84. The summed E-state index contributed by atoms with van der Waals surface area (Å²) in [7, 11) is 5.62. The summed E-state index contributed by atoms with van der Waals surface area (Å²) in [6.07, 6.45) is 1.03. The molecule has 18 heavy (non-hydrogen) atoms. The molecule has 0 saturated carbocycles. The number of halogens is 1. The van der Waals surface area contributed by atoms with Crippen LogP contribution in [0.15, 0.2) is 0 Å². The maximum absolute atomic E-state index is 5.84. The highest BCUT2D eigenvalue weighted by Crippen LogP contribution is 2.14. The fourth-order valence-corrected chi connectivity index (χ4v) is 1.68. The summed E-state index contributed by atoms with van der Waals surface area (Å²) in [5.74, 6) is 0.563. The van der Waals surface area contributed by atoms with Crippen molar-refractivity contribution in [1.82, 2.24) is 19.9 Å². The molecule has 0 amide bonds. The van der Waals surface area contributed by atoms with Gasteiger partial charge in [0.25, 0.3) is 0 Å². The van der Waals surface area contributed by atoms with Gasteiger partial charge in [-0.1, -0.05) is 0 Å². The molecule has 0 fully saturated rings. The number of nitrogens with zero attached hydrogens (tertiary/aromatic N) is 5. The predicted molar refractivity (Wildman–Crippen MR) is 72.4 cm³/mol. The third-order valence-electron chi connectivity index (χ3n) is 2.46. The van der Waals surface area contributed by atoms with Crippen molar-refractivity contribution in [3.63, 3.8) is 0 Å². The van der Waals surface area contributed by atoms with Gasteiger partial charge in [-0.2, -0.15) is 15.0 Å². The van der Waals surface area contributed by atoms with Crippen LogP contribution in [0.1, 0.15) is 13.3 Å². The number of aromatic nitrogens is 3. The zero-order valence-electron chi connectivity index (χ0n) is 11.4. The zero-order chi connectivity index (χ0) is 13.5. The summed E-state index contributed by atoms with van der Waals surface area (Å²) in [6.45, 7) is 4.77. The lowest BCUT2D eigenvalue weighted by Crippen LogP contribution is -2.28. The molecular weight excluding hydrogens is 254 g/mol. The van der Waals surface area contributed by atoms with Crippen LogP contribution in [0.25, 0.3) is 0 Å². The average Bonchev–Trinajstić information content (AvgIpc) is 2.33. The summed E-state index contributed by atoms with van der Waals surface area (Å²) >= 11 is 5.84. The van der Waals surface area contributed by atoms with E-state index in [1.807, 2.05) is 0 Å². The topological polar surface area (TPSA) is 54.4 Å². The molecular formula is C11H20ClN5O. The number of anilines is 1. The molecule has 0 bridgehead atoms. The van der Waals surface area contributed by atoms with Crippen LogP contribution in [0, 0.1) is 0 Å². The number of rotatable bonds is 7. The van der Waals surface area contributed by atoms with Crippen molar-refractivity contribution in [2.24, 2.45) is 0 Å². The van der Waals surface area contributed by atoms with Gasteiger partial charge in [-0.3, -0.25) is 0 Å². The second-order valence-corrected chi connectivity index (χ2v) is 4.47. The van der Waals surface area contributed by atoms with Crippen LogP contribution in [0.2, 0.25) is 5.28 Å². The van der Waals surface area contributed by atoms with Gasteiger partial charge in [0.15, 0.2) is 0 Å². The molecule has 0 unspecified atom stereocenters. The van der Waals surface area contributed by atoms with E-state index in [0.29, 0.717) is 5.95 Å². The van der Waals surface area contributed by atoms with Crippen LogP contribution in [0.5, 0.6) is 6.01 Å². The average molecular weight is 274 g/mol. The first-order chi connectivity index (χ1) is 8.56. The molecule has 0 spiro atoms. The summed E-state index contributed by atoms with van der Waals surface area (Å²) in [6, 6.07) is 0.246. The van der Waals surface area contributed by atoms with E-state index in [4.69, 9.17) is 16.3 Å². The van der Waals surface area contributed by atoms with Crippen LogP contribution in [0.4, 0.5) is 5.95 Å². The molecule has 102 valence electrons. The standard InChI is InChI=1S/C11H20ClN5O/c1-5-17(8-6-7-16(2)3)10-13-9(12)14-11(15-10)18-4/h5-8H2,1-4H3. The highest BCUT2D eigenvalue weighted by molar-refractivity contribution is 6.28. The minimum absolute atomic E-state index is 0.155. The first-order valence-corrected chi connectivity index (χ1v) is 6.29. The van der Waals surface area contributed by atoms with Gasteiger partial charge >= 0.3 is 6.01 Å². The van der Waals surface area contributed by atoms with E-state index < -0.39 is 0 Å². The molecule has 0 aromatic carbocycles. The van der Waals surface area contributed by atoms with Crippen molar-refractivity contribution in [2.75, 3.05) is 45.7 Å². The molecule has 0 aliphatic carbocycles. The Bertz CT molecular complexity index is 374. The molecule has 1 aromatic rings. The number of methoxy groups -OCH3 is 1. The molecule has 0 radical (unpaired) electrons. The third-order valence-corrected chi connectivity index (χ3v) is 2.63. The first kappa shape index (κ1) is 14.9. The summed E-state index contributed by atoms with van der Waals surface area (Å²) < 4.78 is 4.99. The van der Waals surface area contributed by atoms with E-state index in [0.717, 1.165) is 26.1 Å². The predicted octanol–water partition coefficient (Wildman–Crippen LogP) is 1.31. The Morgan fingerprint density at radius 2 is 1.89 bits per heavy atom. The van der Waals surface area contributed by atoms with E-state index in [9.17, 15) is 0 Å². The lowest BCUT2D eigenvalue weighted by atomic mass is 10.3. The first-order valence-electron chi connectivity index (χ1n) is 5.92. The smallest absolute Gasteiger partial charge is 0.322 e. The van der Waals surface area contributed by atoms with Crippen molar-refractivity contribution in [3.8, 4) is 6.01 Å². The van der Waals surface area contributed by atoms with Gasteiger partial charge in [0, 0.05) is 13.1 Å². The zero-order valence-corrected chi connectivity index (χ0v) is 12.1. The van der Waals surface area contributed by atoms with E-state index in [1.54, 1.807) is 0 Å². The quantitative estimate of drug-likeness (QED) is 0.747. The van der Waals surface area contributed by atoms with E-state index in [1.165, 1.54) is 7.11 Å². The lowest BCUT2D eigenvalue weighted by molar-refractivity contribution is 0.377. The van der Waals surface area contributed by atoms with Crippen LogP contribution in [-0.4, -0.2) is 60.7 Å². The number of hydrogen-bond donors (Lipinski definition) is 0. The SMILES string of the molecule is CCN(CCCN(C)C)c1nc(Cl)nc(OC)n1. The second-order valence-electron chi connectivity index (χ2n) is 4.13. The van der Waals surface area contributed by atoms with Crippen molar-refractivity contribution >= 4 is 17.5 Å². The molecule has 1 heterocycles. The highest BCUT2D eigenvalue weighted by Gasteiger charge is 2.11. The molecule has 6 nitrogen and oxygen atoms in total. The Kier molecular flexibility index (Phi) is 6.07. The largest absolute Gasteiger partial charge is 0.467 e. The monoisotopic (exact) mass is 273 g/mol. The van der Waals surface area contributed by atoms with Crippen molar-refractivity contribution in [3.05, 3.63) is 5.28 Å². The van der Waals surface area contributed by atoms with Gasteiger partial charge in [-0.25, -0.2) is 0 Å². The van der Waals surface area contributed by atoms with Crippen LogP contribution >= 0.6 is 11.6 Å². The Morgan fingerprint density at radius 3 is 2.44 bits per heavy atom. The molecule has 0 aliphatic rings. The number of hydrogen-bond acceptors (Lipinski definition) is 6. The lowest BCUT2D eigenvalue weighted by Gasteiger charge is -2.21. The van der Waals surface area contributed by atoms with Crippen LogP contribution in [-0.2, 0) is 0 Å². The minimum Gasteiger partial charge on any atom is -0.467 e. The van der Waals surface area contributed by atoms with Crippen molar-refractivity contribution in [2.45, 2.75) is 13.3 Å². The van der Waals surface area contributed by atoms with Gasteiger partial charge in [0.1, 0.15) is 0 Å². The summed E-state index contributed by atoms with van der Waals surface area (Å²) in [5, 5.41) is 0.155. The molecule has 0 aliphatic heterocycles. The van der Waals surface area contributed by atoms with E-state index >= 15 is 0 Å². The molecule has 1 rings (SSSR count). The Morgan fingerprint density at radius 1 is 1.17 bits per heavy atom. The van der Waals surface area contributed by atoms with Gasteiger partial charge in [-0.05, 0) is 45.6 Å². The van der Waals surface area contributed by atoms with Crippen LogP contribution < -0.4 is 9.64 Å². The van der Waals surface area contributed by atoms with E-state index in [-0.39, 0.29) is 11.3 Å². The minimum atomic E-state index is 0.155. The molecule has 0 atom stereocenters. The molecule has 7 heteroatoms. The van der Waals surface area contributed by atoms with E-state index in [2.05, 4.69) is 45.8 Å². The fraction of sp³-hybridized carbons (Fsp3) is 0.727. The summed E-state index contributed by atoms with van der Waals surface area (Å²) in [4.78, 5) is 16.4. The van der Waals surface area contributed by atoms with Gasteiger partial charge in [-0.15, -0.1) is 0 Å². The van der Waals surface area contributed by atoms with Crippen LogP contribution in [0.3, 0.4) is 0 Å². The Labute approximate surface area is 113 Å². The number of ether oxygens (including phenoxy) is 1. The molecule has 0 N–H and O–H groups in total. The Balaban J connectivity index is 2.71. The third kappa shape index (κ3) is 4.62. The van der Waals surface area contributed by atoms with Gasteiger partial charge < -0.3 is 14.5 Å². The second kappa shape index (κ2) is 7.33. The Hall–Kier alpha value is -1.14. The summed E-state index contributed by atoms with van der Waals surface area (Å²) in [5.41, 5.74) is 0. The highest BCUT2D eigenvalue weighted by atomic mass is 35.5. The van der Waals surface area contributed by atoms with Crippen molar-refractivity contribution < 1.29 is 4.74 Å². The van der Waals surface area contributed by atoms with Gasteiger partial charge in [0.2, 0.25) is 11.2 Å². The fourth-order valence-electron chi connectivity index (χ4n) is 1.53. The molecule has 0 saturated heterocycles. The molecule has 1 aromatic heterocycles. The normalized spacial score (nSPS) is 10.8. The maximum Gasteiger partial charge on any atom is 0.322 e.